The fourth-order valence-corrected chi connectivity index (χ4v) is 10.7. The van der Waals surface area contributed by atoms with E-state index in [2.05, 4.69) is 72.1 Å². The van der Waals surface area contributed by atoms with Gasteiger partial charge in [-0.15, -0.1) is 31.7 Å². The van der Waals surface area contributed by atoms with Gasteiger partial charge in [0.25, 0.3) is 5.91 Å². The van der Waals surface area contributed by atoms with Gasteiger partial charge in [0.1, 0.15) is 34.0 Å². The van der Waals surface area contributed by atoms with Crippen LogP contribution in [-0.2, 0) is 5.54 Å². The van der Waals surface area contributed by atoms with Crippen LogP contribution in [0.3, 0.4) is 0 Å². The van der Waals surface area contributed by atoms with Gasteiger partial charge >= 0.3 is 0 Å². The fraction of sp³-hybridized carbons (Fsp3) is 0.455. The number of halogens is 1. The summed E-state index contributed by atoms with van der Waals surface area (Å²) in [4.78, 5) is 29.5. The maximum absolute atomic E-state index is 13.1. The van der Waals surface area contributed by atoms with Crippen LogP contribution >= 0.6 is 22.9 Å². The number of carbonyl (C=O) groups excluding carboxylic acids is 1. The molecule has 0 bridgehead atoms. The molecule has 7 heterocycles. The van der Waals surface area contributed by atoms with E-state index in [0.717, 1.165) is 112 Å². The molecule has 1 aromatic carbocycles. The molecule has 3 aliphatic heterocycles. The summed E-state index contributed by atoms with van der Waals surface area (Å²) in [7, 11) is 0. The Morgan fingerprint density at radius 1 is 0.915 bits per heavy atom. The fourth-order valence-electron chi connectivity index (χ4n) is 9.30. The van der Waals surface area contributed by atoms with E-state index in [0.29, 0.717) is 33.9 Å². The maximum atomic E-state index is 13.1. The van der Waals surface area contributed by atoms with Crippen molar-refractivity contribution >= 4 is 46.2 Å². The zero-order valence-electron chi connectivity index (χ0n) is 33.5. The van der Waals surface area contributed by atoms with Gasteiger partial charge in [0.15, 0.2) is 17.3 Å². The average Bonchev–Trinajstić information content (AvgIpc) is 3.85. The van der Waals surface area contributed by atoms with Crippen molar-refractivity contribution in [3.05, 3.63) is 98.2 Å². The Bertz CT molecular complexity index is 2480. The number of benzene rings is 1. The van der Waals surface area contributed by atoms with E-state index in [4.69, 9.17) is 31.6 Å². The average molecular weight is 828 g/mol. The third-order valence-corrected chi connectivity index (χ3v) is 14.6. The number of nitrogens with zero attached hydrogens (tertiary/aromatic N) is 10. The minimum Gasteiger partial charge on any atom is -0.490 e. The summed E-state index contributed by atoms with van der Waals surface area (Å²) in [6.45, 7) is 10.3. The number of hydrogen-bond acceptors (Lipinski definition) is 12. The molecule has 4 fully saturated rings. The van der Waals surface area contributed by atoms with Crippen molar-refractivity contribution in [1.82, 2.24) is 35.3 Å². The van der Waals surface area contributed by atoms with Crippen molar-refractivity contribution in [1.29, 1.82) is 5.26 Å². The standard InChI is InChI=1S/C44H46ClN11O2S/c1-25-26(2)59-42-39(25)40(49-44(16-17-44)43-53-50-27(3)56(42)43)30-5-12-37(47-22-30)55-23-31(24-55)28-14-18-54(19-15-28)38-13-11-36(51-52-38)41(57)48-32-6-9-33(10-7-32)58-34-8-4-29(21-46)35(45)20-34/h4-5,8,11-13,20,22,28,31-33H,6-7,9-10,14-19,23-24H2,1-3H3,(H,48,57). The number of hydrogen-bond donors (Lipinski definition) is 1. The summed E-state index contributed by atoms with van der Waals surface area (Å²) < 4.78 is 8.34. The van der Waals surface area contributed by atoms with E-state index >= 15 is 0 Å². The van der Waals surface area contributed by atoms with Crippen molar-refractivity contribution in [3.8, 4) is 16.8 Å². The lowest BCUT2D eigenvalue weighted by molar-refractivity contribution is 0.0888. The molecule has 0 radical (unpaired) electrons. The van der Waals surface area contributed by atoms with Crippen LogP contribution in [0, 0.1) is 43.9 Å². The molecule has 4 aromatic heterocycles. The van der Waals surface area contributed by atoms with Crippen LogP contribution in [-0.4, -0.2) is 79.9 Å². The summed E-state index contributed by atoms with van der Waals surface area (Å²) >= 11 is 7.96. The van der Waals surface area contributed by atoms with Crippen molar-refractivity contribution < 1.29 is 9.53 Å². The number of aryl methyl sites for hydroxylation is 2. The Morgan fingerprint density at radius 2 is 1.69 bits per heavy atom. The van der Waals surface area contributed by atoms with E-state index < -0.39 is 0 Å². The quantitative estimate of drug-likeness (QED) is 0.169. The largest absolute Gasteiger partial charge is 0.490 e. The number of nitrogens with one attached hydrogen (secondary N) is 1. The molecule has 0 atom stereocenters. The zero-order valence-corrected chi connectivity index (χ0v) is 35.1. The molecule has 2 saturated carbocycles. The Morgan fingerprint density at radius 3 is 2.37 bits per heavy atom. The lowest BCUT2D eigenvalue weighted by Crippen LogP contribution is -2.52. The minimum absolute atomic E-state index is 0.0387. The summed E-state index contributed by atoms with van der Waals surface area (Å²) in [6.07, 6.45) is 9.48. The zero-order chi connectivity index (χ0) is 40.4. The van der Waals surface area contributed by atoms with Gasteiger partial charge in [0, 0.05) is 60.5 Å². The van der Waals surface area contributed by atoms with Gasteiger partial charge < -0.3 is 19.9 Å². The molecule has 10 rings (SSSR count). The second-order valence-corrected chi connectivity index (χ2v) is 18.5. The SMILES string of the molecule is Cc1sc2c(c1C)C(c1ccc(N3CC(C4CCN(c5ccc(C(=O)NC6CCC(Oc7ccc(C#N)c(Cl)c7)CC6)nn5)CC4)C3)nc1)=NC1(CC1)c1nnc(C)n1-2. The van der Waals surface area contributed by atoms with Gasteiger partial charge in [-0.25, -0.2) is 4.98 Å². The van der Waals surface area contributed by atoms with E-state index in [1.807, 2.05) is 19.2 Å². The van der Waals surface area contributed by atoms with Gasteiger partial charge in [0.05, 0.1) is 22.4 Å². The van der Waals surface area contributed by atoms with Crippen LogP contribution in [0.15, 0.2) is 53.7 Å². The van der Waals surface area contributed by atoms with E-state index in [-0.39, 0.29) is 23.6 Å². The smallest absolute Gasteiger partial charge is 0.272 e. The number of amides is 1. The number of ether oxygens (including phenoxy) is 1. The van der Waals surface area contributed by atoms with Crippen LogP contribution in [0.2, 0.25) is 5.02 Å². The lowest BCUT2D eigenvalue weighted by atomic mass is 9.79. The number of aromatic nitrogens is 6. The Hall–Kier alpha value is -5.39. The minimum atomic E-state index is -0.300. The Kier molecular flexibility index (Phi) is 9.63. The normalized spacial score (nSPS) is 21.2. The second-order valence-electron chi connectivity index (χ2n) is 16.9. The molecule has 2 aliphatic carbocycles. The first-order valence-corrected chi connectivity index (χ1v) is 22.0. The third kappa shape index (κ3) is 7.01. The second kappa shape index (κ2) is 15.0. The molecular weight excluding hydrogens is 782 g/mol. The topological polar surface area (TPSA) is 150 Å². The van der Waals surface area contributed by atoms with Crippen molar-refractivity contribution in [3.63, 3.8) is 0 Å². The number of anilines is 2. The highest BCUT2D eigenvalue weighted by atomic mass is 35.5. The van der Waals surface area contributed by atoms with Crippen LogP contribution in [0.4, 0.5) is 11.6 Å². The molecule has 59 heavy (non-hydrogen) atoms. The number of fused-ring (bicyclic) bond motifs is 4. The predicted molar refractivity (Wildman–Crippen MR) is 227 cm³/mol. The first-order valence-electron chi connectivity index (χ1n) is 20.8. The first-order chi connectivity index (χ1) is 28.7. The van der Waals surface area contributed by atoms with Gasteiger partial charge in [-0.2, -0.15) is 5.26 Å². The molecule has 13 nitrogen and oxygen atoms in total. The summed E-state index contributed by atoms with van der Waals surface area (Å²) in [5.41, 5.74) is 4.99. The van der Waals surface area contributed by atoms with E-state index in [1.165, 1.54) is 21.0 Å². The lowest BCUT2D eigenvalue weighted by Gasteiger charge is -2.46. The molecule has 1 amide bonds. The predicted octanol–water partition coefficient (Wildman–Crippen LogP) is 7.28. The molecule has 5 aliphatic rings. The number of thiophene rings is 1. The van der Waals surface area contributed by atoms with Gasteiger partial charge in [-0.3, -0.25) is 14.4 Å². The van der Waals surface area contributed by atoms with E-state index in [9.17, 15) is 4.79 Å². The van der Waals surface area contributed by atoms with Crippen molar-refractivity contribution in [2.45, 2.75) is 89.8 Å². The molecule has 2 saturated heterocycles. The molecule has 302 valence electrons. The summed E-state index contributed by atoms with van der Waals surface area (Å²) in [6, 6.07) is 15.3. The number of aliphatic imine (C=N–C) groups is 1. The monoisotopic (exact) mass is 827 g/mol. The molecule has 0 unspecified atom stereocenters. The maximum Gasteiger partial charge on any atom is 0.272 e. The van der Waals surface area contributed by atoms with Crippen molar-refractivity contribution in [2.75, 3.05) is 36.0 Å². The van der Waals surface area contributed by atoms with Gasteiger partial charge in [-0.05, 0) is 126 Å². The van der Waals surface area contributed by atoms with Crippen LogP contribution in [0.5, 0.6) is 5.75 Å². The highest BCUT2D eigenvalue weighted by Gasteiger charge is 2.51. The molecule has 5 aromatic rings. The number of nitriles is 1. The summed E-state index contributed by atoms with van der Waals surface area (Å²) in [5.74, 6) is 5.48. The van der Waals surface area contributed by atoms with E-state index in [1.54, 1.807) is 35.6 Å². The van der Waals surface area contributed by atoms with Crippen LogP contribution < -0.4 is 19.9 Å². The highest BCUT2D eigenvalue weighted by Crippen LogP contribution is 2.53. The van der Waals surface area contributed by atoms with Gasteiger partial charge in [-0.1, -0.05) is 11.6 Å². The molecule has 15 heteroatoms. The number of piperidine rings is 1. The molecule has 1 N–H and O–H groups in total. The number of carbonyl (C=O) groups is 1. The molecule has 1 spiro atoms. The number of pyridine rings is 1. The Balaban J connectivity index is 0.696. The Labute approximate surface area is 352 Å². The highest BCUT2D eigenvalue weighted by molar-refractivity contribution is 7.15. The van der Waals surface area contributed by atoms with Crippen LogP contribution in [0.1, 0.15) is 101 Å². The van der Waals surface area contributed by atoms with Gasteiger partial charge in [0.2, 0.25) is 0 Å². The first kappa shape index (κ1) is 37.9. The summed E-state index contributed by atoms with van der Waals surface area (Å²) in [5, 5.41) is 31.7. The third-order valence-electron chi connectivity index (χ3n) is 13.1. The van der Waals surface area contributed by atoms with Crippen LogP contribution in [0.25, 0.3) is 5.00 Å². The molecular formula is C44H46ClN11O2S. The number of rotatable bonds is 8. The van der Waals surface area contributed by atoms with Crippen molar-refractivity contribution in [2.24, 2.45) is 16.8 Å².